The van der Waals surface area contributed by atoms with E-state index in [1.807, 2.05) is 29.7 Å². The standard InChI is InChI=1S/C40H40F3N5O10/c1-2-3-30(38(50)46-23-49)48-39(51)32-33(40(48)52)35(42)37(36(43)34(32)41)58-19-17-56-15-13-54-11-10-53-12-14-55-16-18-57-31-7-5-25(21-45-31)24-4-6-26-27-22-44-9-8-28(27)47-29(26)20-24/h4-9,20-23,30,47H,2-3,10-19H2,1H3,(H,46,49,50). The minimum Gasteiger partial charge on any atom is -0.485 e. The van der Waals surface area contributed by atoms with E-state index in [0.29, 0.717) is 43.8 Å². The van der Waals surface area contributed by atoms with E-state index < -0.39 is 64.7 Å². The molecule has 0 spiro atoms. The number of aromatic nitrogens is 3. The third-order valence-corrected chi connectivity index (χ3v) is 9.06. The van der Waals surface area contributed by atoms with Crippen molar-refractivity contribution < 1.29 is 60.8 Å². The van der Waals surface area contributed by atoms with Gasteiger partial charge in [0.1, 0.15) is 19.3 Å². The van der Waals surface area contributed by atoms with Crippen LogP contribution in [0.15, 0.2) is 55.0 Å². The van der Waals surface area contributed by atoms with Gasteiger partial charge in [-0.3, -0.25) is 34.4 Å². The second-order valence-corrected chi connectivity index (χ2v) is 12.8. The zero-order chi connectivity index (χ0) is 41.0. The number of carbonyl (C=O) groups excluding carboxylic acids is 4. The predicted octanol–water partition coefficient (Wildman–Crippen LogP) is 4.76. The number of aromatic amines is 1. The fourth-order valence-electron chi connectivity index (χ4n) is 6.32. The molecular weight excluding hydrogens is 767 g/mol. The monoisotopic (exact) mass is 807 g/mol. The minimum absolute atomic E-state index is 0.0440. The Balaban J connectivity index is 0.804. The first-order valence-corrected chi connectivity index (χ1v) is 18.5. The number of ether oxygens (including phenoxy) is 6. The number of hydrogen-bond donors (Lipinski definition) is 2. The molecule has 2 N–H and O–H groups in total. The van der Waals surface area contributed by atoms with Crippen molar-refractivity contribution in [3.8, 4) is 22.8 Å². The molecule has 15 nitrogen and oxygen atoms in total. The van der Waals surface area contributed by atoms with Gasteiger partial charge in [0.15, 0.2) is 17.4 Å². The lowest BCUT2D eigenvalue weighted by molar-refractivity contribution is -0.128. The highest BCUT2D eigenvalue weighted by molar-refractivity contribution is 6.23. The van der Waals surface area contributed by atoms with Crippen molar-refractivity contribution in [1.82, 2.24) is 25.2 Å². The highest BCUT2D eigenvalue weighted by Gasteiger charge is 2.48. The van der Waals surface area contributed by atoms with E-state index in [1.54, 1.807) is 19.3 Å². The van der Waals surface area contributed by atoms with Crippen molar-refractivity contribution in [2.75, 3.05) is 66.1 Å². The van der Waals surface area contributed by atoms with Gasteiger partial charge in [-0.2, -0.15) is 4.39 Å². The van der Waals surface area contributed by atoms with E-state index in [9.17, 15) is 28.0 Å². The summed E-state index contributed by atoms with van der Waals surface area (Å²) in [6.45, 7) is 3.18. The Morgan fingerprint density at radius 3 is 2.00 bits per heavy atom. The number of pyridine rings is 2. The van der Waals surface area contributed by atoms with E-state index in [2.05, 4.69) is 33.2 Å². The normalized spacial score (nSPS) is 13.0. The van der Waals surface area contributed by atoms with Crippen LogP contribution in [0.3, 0.4) is 0 Å². The SMILES string of the molecule is CCCC(C(=O)NC=O)N1C(=O)c2c(F)c(F)c(OCCOCCOCCOCCOCCOc3ccc(-c4ccc5c(c4)[nH]c4ccncc45)cn3)c(F)c2C1=O. The van der Waals surface area contributed by atoms with Crippen molar-refractivity contribution in [3.63, 3.8) is 0 Å². The molecule has 4 amide bonds. The second kappa shape index (κ2) is 20.0. The summed E-state index contributed by atoms with van der Waals surface area (Å²) in [7, 11) is 0. The summed E-state index contributed by atoms with van der Waals surface area (Å²) in [5.74, 6) is -9.75. The molecule has 306 valence electrons. The van der Waals surface area contributed by atoms with Crippen LogP contribution in [-0.4, -0.2) is 116 Å². The van der Waals surface area contributed by atoms with Gasteiger partial charge in [0.2, 0.25) is 24.0 Å². The molecule has 0 fully saturated rings. The lowest BCUT2D eigenvalue weighted by Crippen LogP contribution is -2.49. The first-order valence-electron chi connectivity index (χ1n) is 18.5. The van der Waals surface area contributed by atoms with E-state index in [0.717, 1.165) is 32.9 Å². The van der Waals surface area contributed by atoms with Crippen molar-refractivity contribution in [1.29, 1.82) is 0 Å². The fraction of sp³-hybridized carbons (Fsp3) is 0.350. The highest BCUT2D eigenvalue weighted by atomic mass is 19.2. The van der Waals surface area contributed by atoms with E-state index in [-0.39, 0.29) is 45.7 Å². The number of nitrogens with zero attached hydrogens (tertiary/aromatic N) is 3. The number of rotatable bonds is 23. The van der Waals surface area contributed by atoms with E-state index in [4.69, 9.17) is 28.4 Å². The number of amides is 4. The van der Waals surface area contributed by atoms with E-state index >= 15 is 4.39 Å². The van der Waals surface area contributed by atoms with Gasteiger partial charge in [-0.25, -0.2) is 13.8 Å². The molecule has 1 atom stereocenters. The molecule has 1 aliphatic rings. The number of benzene rings is 2. The van der Waals surface area contributed by atoms with Crippen LogP contribution in [-0.2, 0) is 28.5 Å². The van der Waals surface area contributed by atoms with Crippen molar-refractivity contribution in [2.24, 2.45) is 0 Å². The second-order valence-electron chi connectivity index (χ2n) is 12.8. The molecule has 0 bridgehead atoms. The largest absolute Gasteiger partial charge is 0.485 e. The van der Waals surface area contributed by atoms with Crippen molar-refractivity contribution >= 4 is 45.9 Å². The predicted molar refractivity (Wildman–Crippen MR) is 201 cm³/mol. The molecule has 0 saturated carbocycles. The third-order valence-electron chi connectivity index (χ3n) is 9.06. The fourth-order valence-corrected chi connectivity index (χ4v) is 6.32. The van der Waals surface area contributed by atoms with Crippen molar-refractivity contribution in [3.05, 3.63) is 83.6 Å². The molecule has 5 aromatic rings. The maximum Gasteiger partial charge on any atom is 0.265 e. The van der Waals surface area contributed by atoms with Gasteiger partial charge in [0, 0.05) is 52.0 Å². The molecule has 0 aliphatic carbocycles. The zero-order valence-electron chi connectivity index (χ0n) is 31.4. The molecule has 0 radical (unpaired) electrons. The molecule has 1 aliphatic heterocycles. The van der Waals surface area contributed by atoms with Gasteiger partial charge in [-0.15, -0.1) is 0 Å². The number of fused-ring (bicyclic) bond motifs is 4. The average Bonchev–Trinajstić information content (AvgIpc) is 3.73. The van der Waals surface area contributed by atoms with Gasteiger partial charge >= 0.3 is 0 Å². The van der Waals surface area contributed by atoms with Gasteiger partial charge in [-0.05, 0) is 30.2 Å². The molecule has 0 saturated heterocycles. The maximum atomic E-state index is 15.3. The molecule has 18 heteroatoms. The Bertz CT molecular complexity index is 2250. The van der Waals surface area contributed by atoms with Crippen LogP contribution < -0.4 is 14.8 Å². The summed E-state index contributed by atoms with van der Waals surface area (Å²) >= 11 is 0. The topological polar surface area (TPSA) is 180 Å². The Labute approximate surface area is 329 Å². The molecular formula is C40H40F3N5O10. The van der Waals surface area contributed by atoms with E-state index in [1.165, 1.54) is 0 Å². The van der Waals surface area contributed by atoms with Crippen LogP contribution in [0, 0.1) is 17.5 Å². The quantitative estimate of drug-likeness (QED) is 0.0401. The summed E-state index contributed by atoms with van der Waals surface area (Å²) in [5, 5.41) is 4.01. The van der Waals surface area contributed by atoms with Crippen molar-refractivity contribution in [2.45, 2.75) is 25.8 Å². The number of halogens is 3. The van der Waals surface area contributed by atoms with Crippen LogP contribution >= 0.6 is 0 Å². The summed E-state index contributed by atoms with van der Waals surface area (Å²) in [4.78, 5) is 61.3. The number of H-pyrrole nitrogens is 1. The smallest absolute Gasteiger partial charge is 0.265 e. The summed E-state index contributed by atoms with van der Waals surface area (Å²) in [6, 6.07) is 10.4. The molecule has 3 aromatic heterocycles. The van der Waals surface area contributed by atoms with Gasteiger partial charge in [-0.1, -0.05) is 25.5 Å². The molecule has 6 rings (SSSR count). The Morgan fingerprint density at radius 1 is 0.759 bits per heavy atom. The van der Waals surface area contributed by atoms with Crippen LogP contribution in [0.4, 0.5) is 13.2 Å². The van der Waals surface area contributed by atoms with Gasteiger partial charge in [0.05, 0.1) is 64.0 Å². The number of nitrogens with one attached hydrogen (secondary N) is 2. The molecule has 58 heavy (non-hydrogen) atoms. The van der Waals surface area contributed by atoms with Crippen LogP contribution in [0.5, 0.6) is 11.6 Å². The van der Waals surface area contributed by atoms with Crippen LogP contribution in [0.25, 0.3) is 32.9 Å². The molecule has 1 unspecified atom stereocenters. The number of hydrogen-bond acceptors (Lipinski definition) is 12. The molecule has 4 heterocycles. The third kappa shape index (κ3) is 9.42. The summed E-state index contributed by atoms with van der Waals surface area (Å²) in [6.07, 6.45) is 5.58. The minimum atomic E-state index is -1.82. The van der Waals surface area contributed by atoms with Crippen LogP contribution in [0.2, 0.25) is 0 Å². The Kier molecular flexibility index (Phi) is 14.3. The summed E-state index contributed by atoms with van der Waals surface area (Å²) < 4.78 is 77.5. The lowest BCUT2D eigenvalue weighted by Gasteiger charge is -2.23. The Hall–Kier alpha value is -5.95. The number of imide groups is 2. The first kappa shape index (κ1) is 41.7. The van der Waals surface area contributed by atoms with Gasteiger partial charge in [0.25, 0.3) is 11.8 Å². The maximum absolute atomic E-state index is 15.3. The van der Waals surface area contributed by atoms with Gasteiger partial charge < -0.3 is 33.4 Å². The Morgan fingerprint density at radius 2 is 1.38 bits per heavy atom. The number of carbonyl (C=O) groups is 4. The molecule has 2 aromatic carbocycles. The zero-order valence-corrected chi connectivity index (χ0v) is 31.4. The highest BCUT2D eigenvalue weighted by Crippen LogP contribution is 2.37. The van der Waals surface area contributed by atoms with Crippen LogP contribution in [0.1, 0.15) is 40.5 Å². The lowest BCUT2D eigenvalue weighted by atomic mass is 10.1. The summed E-state index contributed by atoms with van der Waals surface area (Å²) in [5.41, 5.74) is 1.82. The average molecular weight is 808 g/mol. The first-order chi connectivity index (χ1) is 28.2.